The van der Waals surface area contributed by atoms with Gasteiger partial charge in [0.2, 0.25) is 0 Å². The van der Waals surface area contributed by atoms with Gasteiger partial charge in [-0.25, -0.2) is 0 Å². The average molecular weight is 512 g/mol. The van der Waals surface area contributed by atoms with Crippen LogP contribution in [0.1, 0.15) is 35.4 Å². The minimum Gasteiger partial charge on any atom is -0.496 e. The van der Waals surface area contributed by atoms with E-state index in [0.717, 1.165) is 35.1 Å². The van der Waals surface area contributed by atoms with Gasteiger partial charge in [-0.15, -0.1) is 0 Å². The van der Waals surface area contributed by atoms with E-state index in [-0.39, 0.29) is 18.6 Å². The van der Waals surface area contributed by atoms with Gasteiger partial charge in [0.25, 0.3) is 0 Å². The fraction of sp³-hybridized carbons (Fsp3) is 0.312. The van der Waals surface area contributed by atoms with Crippen LogP contribution in [0.2, 0.25) is 0 Å². The minimum absolute atomic E-state index is 0.182. The molecule has 3 aromatic rings. The highest BCUT2D eigenvalue weighted by molar-refractivity contribution is 5.86. The zero-order valence-corrected chi connectivity index (χ0v) is 21.8. The Bertz CT molecular complexity index is 1310. The summed E-state index contributed by atoms with van der Waals surface area (Å²) in [5.74, 6) is 0.229. The molecule has 6 nitrogen and oxygen atoms in total. The lowest BCUT2D eigenvalue weighted by molar-refractivity contribution is -0.157. The van der Waals surface area contributed by atoms with Gasteiger partial charge in [-0.2, -0.15) is 0 Å². The van der Waals surface area contributed by atoms with Crippen molar-refractivity contribution in [3.05, 3.63) is 102 Å². The second-order valence-corrected chi connectivity index (χ2v) is 9.81. The molecule has 0 unspecified atom stereocenters. The Morgan fingerprint density at radius 3 is 2.37 bits per heavy atom. The van der Waals surface area contributed by atoms with Gasteiger partial charge in [0.1, 0.15) is 29.9 Å². The van der Waals surface area contributed by atoms with E-state index in [1.165, 1.54) is 0 Å². The molecule has 0 aliphatic carbocycles. The summed E-state index contributed by atoms with van der Waals surface area (Å²) in [6, 6.07) is 24.8. The number of ether oxygens (including phenoxy) is 3. The summed E-state index contributed by atoms with van der Waals surface area (Å²) in [6.45, 7) is 0.874. The molecule has 2 saturated heterocycles. The number of aldehydes is 1. The Morgan fingerprint density at radius 1 is 0.947 bits per heavy atom. The Labute approximate surface area is 223 Å². The maximum absolute atomic E-state index is 14.1. The van der Waals surface area contributed by atoms with Crippen LogP contribution in [0.25, 0.3) is 6.08 Å². The van der Waals surface area contributed by atoms with Crippen LogP contribution in [0.5, 0.6) is 11.5 Å². The van der Waals surface area contributed by atoms with Crippen LogP contribution in [-0.4, -0.2) is 49.5 Å². The fourth-order valence-corrected chi connectivity index (χ4v) is 6.31. The number of fused-ring (bicyclic) bond motifs is 1. The van der Waals surface area contributed by atoms with Gasteiger partial charge < -0.3 is 19.0 Å². The smallest absolute Gasteiger partial charge is 0.327 e. The van der Waals surface area contributed by atoms with E-state index in [4.69, 9.17) is 14.2 Å². The summed E-state index contributed by atoms with van der Waals surface area (Å²) >= 11 is 0. The molecule has 0 N–H and O–H groups in total. The average Bonchev–Trinajstić information content (AvgIpc) is 3.52. The van der Waals surface area contributed by atoms with Gasteiger partial charge in [-0.05, 0) is 37.1 Å². The Morgan fingerprint density at radius 2 is 1.63 bits per heavy atom. The third-order valence-corrected chi connectivity index (χ3v) is 7.93. The van der Waals surface area contributed by atoms with Crippen molar-refractivity contribution >= 4 is 18.3 Å². The van der Waals surface area contributed by atoms with Gasteiger partial charge in [0.05, 0.1) is 14.2 Å². The molecule has 0 aromatic heterocycles. The third kappa shape index (κ3) is 4.50. The van der Waals surface area contributed by atoms with Crippen LogP contribution in [0.15, 0.2) is 84.9 Å². The molecule has 38 heavy (non-hydrogen) atoms. The zero-order chi connectivity index (χ0) is 26.5. The number of nitrogens with zero attached hydrogens (tertiary/aromatic N) is 1. The van der Waals surface area contributed by atoms with E-state index < -0.39 is 17.4 Å². The van der Waals surface area contributed by atoms with Gasteiger partial charge in [-0.1, -0.05) is 78.9 Å². The van der Waals surface area contributed by atoms with E-state index in [9.17, 15) is 9.59 Å². The van der Waals surface area contributed by atoms with Crippen molar-refractivity contribution < 1.29 is 23.8 Å². The number of hydrogen-bond donors (Lipinski definition) is 0. The summed E-state index contributed by atoms with van der Waals surface area (Å²) in [5, 5.41) is 0. The molecule has 0 amide bonds. The first kappa shape index (κ1) is 25.7. The Hall–Kier alpha value is -3.90. The van der Waals surface area contributed by atoms with Crippen molar-refractivity contribution in [2.45, 2.75) is 36.9 Å². The monoisotopic (exact) mass is 511 g/mol. The number of benzene rings is 3. The molecule has 2 aliphatic rings. The molecule has 0 spiro atoms. The Balaban J connectivity index is 1.58. The molecular formula is C32H33NO5. The molecule has 4 atom stereocenters. The molecule has 0 radical (unpaired) electrons. The third-order valence-electron chi connectivity index (χ3n) is 7.93. The lowest BCUT2D eigenvalue weighted by atomic mass is 9.73. The van der Waals surface area contributed by atoms with Crippen molar-refractivity contribution in [3.8, 4) is 11.5 Å². The van der Waals surface area contributed by atoms with Crippen LogP contribution in [0.4, 0.5) is 0 Å². The van der Waals surface area contributed by atoms with Crippen molar-refractivity contribution in [1.29, 1.82) is 0 Å². The number of para-hydroxylation sites is 2. The lowest BCUT2D eigenvalue weighted by Crippen LogP contribution is -2.52. The van der Waals surface area contributed by atoms with Crippen LogP contribution in [0.3, 0.4) is 0 Å². The molecule has 3 aromatic carbocycles. The molecule has 5 rings (SSSR count). The molecule has 2 fully saturated rings. The van der Waals surface area contributed by atoms with E-state index in [1.807, 2.05) is 91.0 Å². The molecule has 2 heterocycles. The highest BCUT2D eigenvalue weighted by atomic mass is 16.5. The molecule has 0 saturated carbocycles. The first-order valence-corrected chi connectivity index (χ1v) is 13.0. The largest absolute Gasteiger partial charge is 0.496 e. The molecule has 2 aliphatic heterocycles. The van der Waals surface area contributed by atoms with E-state index >= 15 is 0 Å². The maximum atomic E-state index is 14.1. The summed E-state index contributed by atoms with van der Waals surface area (Å²) in [4.78, 5) is 29.1. The van der Waals surface area contributed by atoms with E-state index in [2.05, 4.69) is 4.90 Å². The predicted octanol–water partition coefficient (Wildman–Crippen LogP) is 5.28. The highest BCUT2D eigenvalue weighted by Crippen LogP contribution is 2.56. The number of rotatable bonds is 9. The van der Waals surface area contributed by atoms with Crippen LogP contribution < -0.4 is 9.47 Å². The number of methoxy groups -OCH3 is 2. The molecular weight excluding hydrogens is 478 g/mol. The first-order valence-electron chi connectivity index (χ1n) is 13.0. The standard InChI is InChI=1S/C32H33NO5/c1-36-28-15-8-6-13-24(28)17-18-27-26(21-34)30(25-14-7-9-16-29(25)37-2)32(19-10-20-33(27)32)31(35)38-22-23-11-4-3-5-12-23/h3-9,11-18,21,26-27,30H,10,19-20,22H2,1-2H3/b18-17+/t26-,27+,30+,32-/m1/s1. The predicted molar refractivity (Wildman–Crippen MR) is 146 cm³/mol. The first-order chi connectivity index (χ1) is 18.6. The second kappa shape index (κ2) is 11.2. The van der Waals surface area contributed by atoms with Crippen molar-refractivity contribution in [2.24, 2.45) is 5.92 Å². The van der Waals surface area contributed by atoms with Crippen molar-refractivity contribution in [3.63, 3.8) is 0 Å². The van der Waals surface area contributed by atoms with Crippen molar-refractivity contribution in [1.82, 2.24) is 4.90 Å². The number of hydrogen-bond acceptors (Lipinski definition) is 6. The van der Waals surface area contributed by atoms with Gasteiger partial charge in [0.15, 0.2) is 0 Å². The summed E-state index contributed by atoms with van der Waals surface area (Å²) in [5.41, 5.74) is 1.71. The molecule has 0 bridgehead atoms. The topological polar surface area (TPSA) is 65.1 Å². The highest BCUT2D eigenvalue weighted by Gasteiger charge is 2.65. The summed E-state index contributed by atoms with van der Waals surface area (Å²) in [7, 11) is 3.26. The molecule has 196 valence electrons. The normalized spacial score (nSPS) is 24.7. The quantitative estimate of drug-likeness (QED) is 0.288. The fourth-order valence-electron chi connectivity index (χ4n) is 6.31. The second-order valence-electron chi connectivity index (χ2n) is 9.81. The summed E-state index contributed by atoms with van der Waals surface area (Å²) < 4.78 is 17.3. The van der Waals surface area contributed by atoms with Crippen molar-refractivity contribution in [2.75, 3.05) is 20.8 Å². The molecule has 6 heteroatoms. The zero-order valence-electron chi connectivity index (χ0n) is 21.8. The number of carbonyl (C=O) groups excluding carboxylic acids is 2. The SMILES string of the molecule is COc1ccccc1/C=C/[C@H]1[C@@H](C=O)[C@H](c2ccccc2OC)[C@@]2(C(=O)OCc3ccccc3)CCCN12. The Kier molecular flexibility index (Phi) is 7.61. The van der Waals surface area contributed by atoms with Crippen LogP contribution in [0, 0.1) is 5.92 Å². The van der Waals surface area contributed by atoms with Gasteiger partial charge in [-0.3, -0.25) is 9.69 Å². The van der Waals surface area contributed by atoms with E-state index in [1.54, 1.807) is 14.2 Å². The van der Waals surface area contributed by atoms with Gasteiger partial charge in [0, 0.05) is 29.0 Å². The number of esters is 1. The number of carbonyl (C=O) groups is 2. The lowest BCUT2D eigenvalue weighted by Gasteiger charge is -2.36. The van der Waals surface area contributed by atoms with E-state index in [0.29, 0.717) is 18.7 Å². The van der Waals surface area contributed by atoms with Crippen LogP contribution in [-0.2, 0) is 20.9 Å². The van der Waals surface area contributed by atoms with Gasteiger partial charge >= 0.3 is 5.97 Å². The minimum atomic E-state index is -0.981. The maximum Gasteiger partial charge on any atom is 0.327 e. The summed E-state index contributed by atoms with van der Waals surface area (Å²) in [6.07, 6.45) is 6.46. The van der Waals surface area contributed by atoms with Crippen LogP contribution >= 0.6 is 0 Å².